The van der Waals surface area contributed by atoms with Crippen molar-refractivity contribution in [3.63, 3.8) is 0 Å². The first-order valence-electron chi connectivity index (χ1n) is 5.25. The third-order valence-corrected chi connectivity index (χ3v) is 2.84. The predicted molar refractivity (Wildman–Crippen MR) is 67.8 cm³/mol. The van der Waals surface area contributed by atoms with Gasteiger partial charge in [0.05, 0.1) is 5.33 Å². The number of carbonyl (C=O) groups excluding carboxylic acids is 1. The highest BCUT2D eigenvalue weighted by molar-refractivity contribution is 9.09. The number of amides is 1. The van der Waals surface area contributed by atoms with Crippen LogP contribution >= 0.6 is 15.9 Å². The standard InChI is InChI=1S/C12H16BrNO2/c1-9(14-12(16)8-13)2-3-10-4-6-11(15)7-5-10/h4-7,9,15H,2-3,8H2,1H3,(H,14,16). The Morgan fingerprint density at radius 1 is 1.44 bits per heavy atom. The molecule has 1 amide bonds. The van der Waals surface area contributed by atoms with E-state index in [1.807, 2.05) is 19.1 Å². The number of aromatic hydroxyl groups is 1. The maximum Gasteiger partial charge on any atom is 0.230 e. The van der Waals surface area contributed by atoms with Crippen molar-refractivity contribution in [2.45, 2.75) is 25.8 Å². The summed E-state index contributed by atoms with van der Waals surface area (Å²) in [5.74, 6) is 0.294. The number of alkyl halides is 1. The molecular weight excluding hydrogens is 270 g/mol. The first-order valence-corrected chi connectivity index (χ1v) is 6.37. The maximum absolute atomic E-state index is 11.1. The number of nitrogens with one attached hydrogen (secondary N) is 1. The van der Waals surface area contributed by atoms with Gasteiger partial charge < -0.3 is 10.4 Å². The number of rotatable bonds is 5. The molecule has 0 aliphatic rings. The first kappa shape index (κ1) is 13.0. The van der Waals surface area contributed by atoms with Gasteiger partial charge in [0.1, 0.15) is 5.75 Å². The number of aryl methyl sites for hydroxylation is 1. The van der Waals surface area contributed by atoms with Gasteiger partial charge in [-0.15, -0.1) is 0 Å². The molecule has 0 spiro atoms. The molecule has 0 aliphatic heterocycles. The Hall–Kier alpha value is -1.03. The van der Waals surface area contributed by atoms with Gasteiger partial charge in [-0.3, -0.25) is 4.79 Å². The molecule has 16 heavy (non-hydrogen) atoms. The van der Waals surface area contributed by atoms with E-state index in [4.69, 9.17) is 5.11 Å². The lowest BCUT2D eigenvalue weighted by molar-refractivity contribution is -0.119. The van der Waals surface area contributed by atoms with Crippen molar-refractivity contribution >= 4 is 21.8 Å². The number of phenolic OH excluding ortho intramolecular Hbond substituents is 1. The van der Waals surface area contributed by atoms with Gasteiger partial charge >= 0.3 is 0 Å². The monoisotopic (exact) mass is 285 g/mol. The molecule has 1 aromatic carbocycles. The second kappa shape index (κ2) is 6.53. The normalized spacial score (nSPS) is 12.1. The molecule has 0 aromatic heterocycles. The molecule has 0 aliphatic carbocycles. The smallest absolute Gasteiger partial charge is 0.230 e. The fraction of sp³-hybridized carbons (Fsp3) is 0.417. The van der Waals surface area contributed by atoms with Crippen molar-refractivity contribution in [3.05, 3.63) is 29.8 Å². The summed E-state index contributed by atoms with van der Waals surface area (Å²) < 4.78 is 0. The number of hydrogen-bond donors (Lipinski definition) is 2. The van der Waals surface area contributed by atoms with Crippen LogP contribution in [0.3, 0.4) is 0 Å². The van der Waals surface area contributed by atoms with Gasteiger partial charge in [-0.25, -0.2) is 0 Å². The van der Waals surface area contributed by atoms with Crippen LogP contribution < -0.4 is 5.32 Å². The molecule has 4 heteroatoms. The molecule has 0 saturated carbocycles. The van der Waals surface area contributed by atoms with E-state index in [1.165, 1.54) is 0 Å². The SMILES string of the molecule is CC(CCc1ccc(O)cc1)NC(=O)CBr. The van der Waals surface area contributed by atoms with E-state index < -0.39 is 0 Å². The third kappa shape index (κ3) is 4.66. The van der Waals surface area contributed by atoms with Crippen molar-refractivity contribution in [1.29, 1.82) is 0 Å². The van der Waals surface area contributed by atoms with Crippen molar-refractivity contribution < 1.29 is 9.90 Å². The zero-order valence-electron chi connectivity index (χ0n) is 9.24. The second-order valence-electron chi connectivity index (χ2n) is 3.81. The van der Waals surface area contributed by atoms with Gasteiger partial charge in [0, 0.05) is 6.04 Å². The lowest BCUT2D eigenvalue weighted by atomic mass is 10.1. The second-order valence-corrected chi connectivity index (χ2v) is 4.37. The molecule has 0 heterocycles. The molecular formula is C12H16BrNO2. The lowest BCUT2D eigenvalue weighted by Gasteiger charge is -2.12. The Kier molecular flexibility index (Phi) is 5.32. The van der Waals surface area contributed by atoms with E-state index in [2.05, 4.69) is 21.2 Å². The van der Waals surface area contributed by atoms with Crippen molar-refractivity contribution in [2.24, 2.45) is 0 Å². The van der Waals surface area contributed by atoms with Crippen LogP contribution in [0, 0.1) is 0 Å². The highest BCUT2D eigenvalue weighted by Gasteiger charge is 2.05. The van der Waals surface area contributed by atoms with E-state index in [0.29, 0.717) is 5.33 Å². The van der Waals surface area contributed by atoms with Gasteiger partial charge in [-0.05, 0) is 37.5 Å². The van der Waals surface area contributed by atoms with Gasteiger partial charge in [0.25, 0.3) is 0 Å². The van der Waals surface area contributed by atoms with Crippen LogP contribution in [0.1, 0.15) is 18.9 Å². The molecule has 0 radical (unpaired) electrons. The summed E-state index contributed by atoms with van der Waals surface area (Å²) in [6.07, 6.45) is 1.79. The summed E-state index contributed by atoms with van der Waals surface area (Å²) >= 11 is 3.11. The Balaban J connectivity index is 2.34. The Bertz CT molecular complexity index is 337. The Morgan fingerprint density at radius 3 is 2.62 bits per heavy atom. The summed E-state index contributed by atoms with van der Waals surface area (Å²) in [6.45, 7) is 1.99. The van der Waals surface area contributed by atoms with E-state index in [0.717, 1.165) is 18.4 Å². The maximum atomic E-state index is 11.1. The minimum absolute atomic E-state index is 0.0122. The average molecular weight is 286 g/mol. The summed E-state index contributed by atoms with van der Waals surface area (Å²) in [5.41, 5.74) is 1.16. The van der Waals surface area contributed by atoms with Crippen molar-refractivity contribution in [2.75, 3.05) is 5.33 Å². The van der Waals surface area contributed by atoms with E-state index in [-0.39, 0.29) is 17.7 Å². The lowest BCUT2D eigenvalue weighted by Crippen LogP contribution is -2.33. The zero-order chi connectivity index (χ0) is 12.0. The summed E-state index contributed by atoms with van der Waals surface area (Å²) in [6, 6.07) is 7.32. The van der Waals surface area contributed by atoms with Crippen LogP contribution in [0.5, 0.6) is 5.75 Å². The molecule has 88 valence electrons. The average Bonchev–Trinajstić information content (AvgIpc) is 2.28. The third-order valence-electron chi connectivity index (χ3n) is 2.33. The van der Waals surface area contributed by atoms with Crippen LogP contribution in [0.15, 0.2) is 24.3 Å². The Morgan fingerprint density at radius 2 is 2.06 bits per heavy atom. The van der Waals surface area contributed by atoms with Crippen LogP contribution in [-0.2, 0) is 11.2 Å². The number of halogens is 1. The van der Waals surface area contributed by atoms with E-state index in [9.17, 15) is 4.79 Å². The fourth-order valence-corrected chi connectivity index (χ4v) is 1.59. The molecule has 0 bridgehead atoms. The topological polar surface area (TPSA) is 49.3 Å². The molecule has 0 saturated heterocycles. The van der Waals surface area contributed by atoms with Crippen LogP contribution in [0.4, 0.5) is 0 Å². The number of phenols is 1. The zero-order valence-corrected chi connectivity index (χ0v) is 10.8. The molecule has 1 aromatic rings. The fourth-order valence-electron chi connectivity index (χ4n) is 1.43. The molecule has 2 N–H and O–H groups in total. The van der Waals surface area contributed by atoms with Crippen LogP contribution in [0.2, 0.25) is 0 Å². The number of carbonyl (C=O) groups is 1. The van der Waals surface area contributed by atoms with Crippen LogP contribution in [0.25, 0.3) is 0 Å². The van der Waals surface area contributed by atoms with Gasteiger partial charge in [-0.1, -0.05) is 28.1 Å². The molecule has 3 nitrogen and oxygen atoms in total. The minimum atomic E-state index is 0.0122. The largest absolute Gasteiger partial charge is 0.508 e. The summed E-state index contributed by atoms with van der Waals surface area (Å²) in [7, 11) is 0. The molecule has 1 unspecified atom stereocenters. The van der Waals surface area contributed by atoms with E-state index in [1.54, 1.807) is 12.1 Å². The van der Waals surface area contributed by atoms with Gasteiger partial charge in [-0.2, -0.15) is 0 Å². The van der Waals surface area contributed by atoms with Crippen molar-refractivity contribution in [3.8, 4) is 5.75 Å². The summed E-state index contributed by atoms with van der Waals surface area (Å²) in [5, 5.41) is 12.3. The van der Waals surface area contributed by atoms with Crippen LogP contribution in [-0.4, -0.2) is 22.4 Å². The number of hydrogen-bond acceptors (Lipinski definition) is 2. The highest BCUT2D eigenvalue weighted by Crippen LogP contribution is 2.11. The van der Waals surface area contributed by atoms with Gasteiger partial charge in [0.2, 0.25) is 5.91 Å². The molecule has 1 rings (SSSR count). The minimum Gasteiger partial charge on any atom is -0.508 e. The predicted octanol–water partition coefficient (Wildman–Crippen LogP) is 2.22. The Labute approximate surface area is 104 Å². The molecule has 0 fully saturated rings. The van der Waals surface area contributed by atoms with E-state index >= 15 is 0 Å². The molecule has 1 atom stereocenters. The first-order chi connectivity index (χ1) is 7.61. The number of benzene rings is 1. The summed E-state index contributed by atoms with van der Waals surface area (Å²) in [4.78, 5) is 11.1. The van der Waals surface area contributed by atoms with Gasteiger partial charge in [0.15, 0.2) is 0 Å². The highest BCUT2D eigenvalue weighted by atomic mass is 79.9. The van der Waals surface area contributed by atoms with Crippen molar-refractivity contribution in [1.82, 2.24) is 5.32 Å². The quantitative estimate of drug-likeness (QED) is 0.815.